The highest BCUT2D eigenvalue weighted by atomic mass is 16.5. The molecule has 0 heterocycles. The van der Waals surface area contributed by atoms with Gasteiger partial charge in [-0.15, -0.1) is 0 Å². The van der Waals surface area contributed by atoms with Crippen molar-refractivity contribution in [1.82, 2.24) is 0 Å². The van der Waals surface area contributed by atoms with Gasteiger partial charge in [0, 0.05) is 0 Å². The van der Waals surface area contributed by atoms with Crippen LogP contribution in [0.3, 0.4) is 0 Å². The molecule has 0 aliphatic rings. The van der Waals surface area contributed by atoms with Crippen molar-refractivity contribution < 1.29 is 9.53 Å². The molecule has 0 radical (unpaired) electrons. The zero-order valence-electron chi connectivity index (χ0n) is 13.2. The molecule has 0 rings (SSSR count). The van der Waals surface area contributed by atoms with Crippen molar-refractivity contribution >= 4 is 6.47 Å². The van der Waals surface area contributed by atoms with E-state index in [2.05, 4.69) is 13.8 Å². The topological polar surface area (TPSA) is 26.3 Å². The van der Waals surface area contributed by atoms with Gasteiger partial charge in [0.1, 0.15) is 0 Å². The molecule has 19 heavy (non-hydrogen) atoms. The van der Waals surface area contributed by atoms with E-state index >= 15 is 0 Å². The van der Waals surface area contributed by atoms with Gasteiger partial charge in [-0.25, -0.2) is 0 Å². The zero-order chi connectivity index (χ0) is 14.2. The number of hydrogen-bond acceptors (Lipinski definition) is 2. The molecule has 0 aromatic rings. The maximum Gasteiger partial charge on any atom is 0.293 e. The van der Waals surface area contributed by atoms with Crippen molar-refractivity contribution in [3.05, 3.63) is 0 Å². The molecule has 2 heteroatoms. The molecule has 0 bridgehead atoms. The summed E-state index contributed by atoms with van der Waals surface area (Å²) in [5.41, 5.74) is 0. The lowest BCUT2D eigenvalue weighted by Crippen LogP contribution is -2.09. The Morgan fingerprint density at radius 3 is 1.68 bits per heavy atom. The molecule has 0 aromatic carbocycles. The predicted molar refractivity (Wildman–Crippen MR) is 82.3 cm³/mol. The molecule has 0 aromatic heterocycles. The van der Waals surface area contributed by atoms with Crippen molar-refractivity contribution in [1.29, 1.82) is 0 Å². The number of unbranched alkanes of at least 4 members (excludes halogenated alkanes) is 8. The lowest BCUT2D eigenvalue weighted by molar-refractivity contribution is -0.130. The monoisotopic (exact) mass is 270 g/mol. The first-order valence-corrected chi connectivity index (χ1v) is 8.40. The minimum absolute atomic E-state index is 0.591. The quantitative estimate of drug-likeness (QED) is 0.290. The van der Waals surface area contributed by atoms with Crippen molar-refractivity contribution in [2.45, 2.75) is 90.9 Å². The average Bonchev–Trinajstić information content (AvgIpc) is 2.43. The second-order valence-corrected chi connectivity index (χ2v) is 5.70. The molecule has 0 saturated heterocycles. The third-order valence-corrected chi connectivity index (χ3v) is 3.83. The summed E-state index contributed by atoms with van der Waals surface area (Å²) in [6.07, 6.45) is 15.7. The first kappa shape index (κ1) is 18.5. The molecule has 0 aliphatic heterocycles. The Morgan fingerprint density at radius 1 is 0.789 bits per heavy atom. The van der Waals surface area contributed by atoms with E-state index in [4.69, 9.17) is 4.74 Å². The zero-order valence-corrected chi connectivity index (χ0v) is 13.2. The van der Waals surface area contributed by atoms with Crippen molar-refractivity contribution in [2.24, 2.45) is 5.92 Å². The van der Waals surface area contributed by atoms with Crippen LogP contribution >= 0.6 is 0 Å². The third-order valence-electron chi connectivity index (χ3n) is 3.83. The van der Waals surface area contributed by atoms with Crippen LogP contribution in [0.15, 0.2) is 0 Å². The van der Waals surface area contributed by atoms with Gasteiger partial charge in [0.15, 0.2) is 0 Å². The lowest BCUT2D eigenvalue weighted by Gasteiger charge is -2.15. The van der Waals surface area contributed by atoms with E-state index in [1.54, 1.807) is 0 Å². The summed E-state index contributed by atoms with van der Waals surface area (Å²) >= 11 is 0. The fourth-order valence-corrected chi connectivity index (χ4v) is 2.56. The molecular formula is C17H34O2. The second-order valence-electron chi connectivity index (χ2n) is 5.70. The Balaban J connectivity index is 3.59. The predicted octanol–water partition coefficient (Wildman–Crippen LogP) is 5.50. The lowest BCUT2D eigenvalue weighted by atomic mass is 9.95. The maximum atomic E-state index is 10.3. The first-order chi connectivity index (χ1) is 9.35. The molecule has 114 valence electrons. The molecule has 0 atom stereocenters. The first-order valence-electron chi connectivity index (χ1n) is 8.40. The standard InChI is InChI=1S/C17H34O2/c1-3-5-7-9-11-13-17(15-19-16-18)14-12-10-8-6-4-2/h16-17H,3-15H2,1-2H3. The van der Waals surface area contributed by atoms with Gasteiger partial charge in [0.2, 0.25) is 0 Å². The van der Waals surface area contributed by atoms with Crippen LogP contribution in [0.25, 0.3) is 0 Å². The van der Waals surface area contributed by atoms with Crippen molar-refractivity contribution in [3.63, 3.8) is 0 Å². The molecule has 0 amide bonds. The summed E-state index contributed by atoms with van der Waals surface area (Å²) in [6, 6.07) is 0. The summed E-state index contributed by atoms with van der Waals surface area (Å²) in [5, 5.41) is 0. The van der Waals surface area contributed by atoms with Crippen LogP contribution in [-0.4, -0.2) is 13.1 Å². The number of carbonyl (C=O) groups excluding carboxylic acids is 1. The van der Waals surface area contributed by atoms with E-state index in [0.29, 0.717) is 19.0 Å². The average molecular weight is 270 g/mol. The molecule has 0 saturated carbocycles. The van der Waals surface area contributed by atoms with Crippen LogP contribution in [0.2, 0.25) is 0 Å². The van der Waals surface area contributed by atoms with Crippen LogP contribution in [0, 0.1) is 5.92 Å². The molecule has 2 nitrogen and oxygen atoms in total. The minimum atomic E-state index is 0.591. The van der Waals surface area contributed by atoms with Gasteiger partial charge in [-0.3, -0.25) is 4.79 Å². The van der Waals surface area contributed by atoms with E-state index < -0.39 is 0 Å². The fourth-order valence-electron chi connectivity index (χ4n) is 2.56. The van der Waals surface area contributed by atoms with Gasteiger partial charge in [0.25, 0.3) is 6.47 Å². The summed E-state index contributed by atoms with van der Waals surface area (Å²) in [4.78, 5) is 10.3. The fraction of sp³-hybridized carbons (Fsp3) is 0.941. The molecular weight excluding hydrogens is 236 g/mol. The summed E-state index contributed by atoms with van der Waals surface area (Å²) in [7, 11) is 0. The van der Waals surface area contributed by atoms with Gasteiger partial charge in [-0.05, 0) is 18.8 Å². The van der Waals surface area contributed by atoms with E-state index in [9.17, 15) is 4.79 Å². The number of hydrogen-bond donors (Lipinski definition) is 0. The Morgan fingerprint density at radius 2 is 1.26 bits per heavy atom. The van der Waals surface area contributed by atoms with Crippen LogP contribution in [0.5, 0.6) is 0 Å². The molecule has 0 N–H and O–H groups in total. The van der Waals surface area contributed by atoms with Crippen LogP contribution in [-0.2, 0) is 9.53 Å². The van der Waals surface area contributed by atoms with Crippen LogP contribution in [0.1, 0.15) is 90.9 Å². The van der Waals surface area contributed by atoms with E-state index in [1.807, 2.05) is 0 Å². The van der Waals surface area contributed by atoms with Crippen molar-refractivity contribution in [2.75, 3.05) is 6.61 Å². The van der Waals surface area contributed by atoms with Crippen LogP contribution in [0.4, 0.5) is 0 Å². The van der Waals surface area contributed by atoms with Gasteiger partial charge in [-0.2, -0.15) is 0 Å². The Labute approximate surface area is 120 Å². The smallest absolute Gasteiger partial charge is 0.293 e. The van der Waals surface area contributed by atoms with Crippen molar-refractivity contribution in [3.8, 4) is 0 Å². The second kappa shape index (κ2) is 15.5. The Kier molecular flexibility index (Phi) is 15.1. The van der Waals surface area contributed by atoms with Gasteiger partial charge in [-0.1, -0.05) is 78.1 Å². The van der Waals surface area contributed by atoms with Gasteiger partial charge >= 0.3 is 0 Å². The summed E-state index contributed by atoms with van der Waals surface area (Å²) in [5.74, 6) is 0.591. The summed E-state index contributed by atoms with van der Waals surface area (Å²) < 4.78 is 4.97. The van der Waals surface area contributed by atoms with Gasteiger partial charge < -0.3 is 4.74 Å². The van der Waals surface area contributed by atoms with E-state index in [0.717, 1.165) is 0 Å². The highest BCUT2D eigenvalue weighted by molar-refractivity contribution is 5.36. The molecule has 0 spiro atoms. The summed E-state index contributed by atoms with van der Waals surface area (Å²) in [6.45, 7) is 5.72. The highest BCUT2D eigenvalue weighted by Crippen LogP contribution is 2.19. The third kappa shape index (κ3) is 13.7. The Bertz CT molecular complexity index is 166. The maximum absolute atomic E-state index is 10.3. The SMILES string of the molecule is CCCCCCCC(CCCCCCC)COC=O. The largest absolute Gasteiger partial charge is 0.468 e. The number of carbonyl (C=O) groups is 1. The van der Waals surface area contributed by atoms with E-state index in [1.165, 1.54) is 77.0 Å². The Hall–Kier alpha value is -0.530. The minimum Gasteiger partial charge on any atom is -0.468 e. The highest BCUT2D eigenvalue weighted by Gasteiger charge is 2.09. The number of ether oxygens (including phenoxy) is 1. The van der Waals surface area contributed by atoms with Gasteiger partial charge in [0.05, 0.1) is 6.61 Å². The normalized spacial score (nSPS) is 10.9. The molecule has 0 unspecified atom stereocenters. The molecule has 0 aliphatic carbocycles. The number of rotatable bonds is 15. The van der Waals surface area contributed by atoms with Crippen LogP contribution < -0.4 is 0 Å². The van der Waals surface area contributed by atoms with E-state index in [-0.39, 0.29) is 0 Å². The molecule has 0 fully saturated rings.